The van der Waals surface area contributed by atoms with Crippen molar-refractivity contribution >= 4 is 17.1 Å². The molecule has 3 nitrogen and oxygen atoms in total. The fourth-order valence-electron chi connectivity index (χ4n) is 2.81. The first-order valence-electron chi connectivity index (χ1n) is 6.84. The number of carbonyl (C=O) groups is 1. The van der Waals surface area contributed by atoms with Crippen LogP contribution in [0.25, 0.3) is 20.9 Å². The minimum absolute atomic E-state index is 0.258. The maximum Gasteiger partial charge on any atom is 0.164 e. The summed E-state index contributed by atoms with van der Waals surface area (Å²) < 4.78 is 0. The molecule has 1 aliphatic rings. The molecule has 3 heterocycles. The summed E-state index contributed by atoms with van der Waals surface area (Å²) in [6, 6.07) is 7.94. The maximum absolute atomic E-state index is 12.3. The third-order valence-corrected chi connectivity index (χ3v) is 5.10. The van der Waals surface area contributed by atoms with E-state index in [9.17, 15) is 4.79 Å². The fraction of sp³-hybridized carbons (Fsp3) is 0.118. The Kier molecular flexibility index (Phi) is 2.89. The lowest BCUT2D eigenvalue weighted by Crippen LogP contribution is -1.91. The summed E-state index contributed by atoms with van der Waals surface area (Å²) in [5.41, 5.74) is 4.32. The molecule has 0 fully saturated rings. The second kappa shape index (κ2) is 4.90. The zero-order chi connectivity index (χ0) is 14.2. The van der Waals surface area contributed by atoms with Gasteiger partial charge in [0.15, 0.2) is 5.78 Å². The van der Waals surface area contributed by atoms with E-state index in [0.29, 0.717) is 6.42 Å². The van der Waals surface area contributed by atoms with Crippen molar-refractivity contribution in [1.29, 1.82) is 0 Å². The van der Waals surface area contributed by atoms with Crippen molar-refractivity contribution in [2.24, 2.45) is 0 Å². The first-order chi connectivity index (χ1) is 10.3. The average molecular weight is 292 g/mol. The van der Waals surface area contributed by atoms with Crippen molar-refractivity contribution < 1.29 is 4.79 Å². The average Bonchev–Trinajstić information content (AvgIpc) is 3.10. The number of fused-ring (bicyclic) bond motifs is 1. The van der Waals surface area contributed by atoms with Gasteiger partial charge in [0.05, 0.1) is 0 Å². The van der Waals surface area contributed by atoms with E-state index in [1.807, 2.05) is 24.3 Å². The number of ketones is 1. The van der Waals surface area contributed by atoms with Crippen LogP contribution in [0.5, 0.6) is 0 Å². The van der Waals surface area contributed by atoms with Gasteiger partial charge >= 0.3 is 0 Å². The van der Waals surface area contributed by atoms with Crippen molar-refractivity contribution in [3.63, 3.8) is 0 Å². The van der Waals surface area contributed by atoms with Crippen LogP contribution in [0.15, 0.2) is 49.1 Å². The van der Waals surface area contributed by atoms with E-state index in [1.54, 1.807) is 36.1 Å². The second-order valence-electron chi connectivity index (χ2n) is 5.01. The molecule has 0 radical (unpaired) electrons. The molecule has 3 aromatic rings. The Morgan fingerprint density at radius 2 is 1.38 bits per heavy atom. The predicted molar refractivity (Wildman–Crippen MR) is 83.4 cm³/mol. The van der Waals surface area contributed by atoms with Crippen LogP contribution >= 0.6 is 11.3 Å². The van der Waals surface area contributed by atoms with Gasteiger partial charge in [-0.1, -0.05) is 0 Å². The Bertz CT molecular complexity index is 810. The third kappa shape index (κ3) is 1.99. The van der Waals surface area contributed by atoms with Crippen molar-refractivity contribution in [2.45, 2.75) is 12.8 Å². The zero-order valence-corrected chi connectivity index (χ0v) is 12.1. The summed E-state index contributed by atoms with van der Waals surface area (Å²) in [5.74, 6) is 0.258. The number of hydrogen-bond donors (Lipinski definition) is 0. The predicted octanol–water partition coefficient (Wildman–Crippen LogP) is 4.00. The van der Waals surface area contributed by atoms with E-state index < -0.39 is 0 Å². The van der Waals surface area contributed by atoms with E-state index in [4.69, 9.17) is 0 Å². The van der Waals surface area contributed by atoms with Crippen LogP contribution < -0.4 is 0 Å². The van der Waals surface area contributed by atoms with Crippen LogP contribution in [0, 0.1) is 0 Å². The van der Waals surface area contributed by atoms with Crippen LogP contribution in [0.2, 0.25) is 0 Å². The van der Waals surface area contributed by atoms with E-state index in [2.05, 4.69) is 9.97 Å². The molecule has 0 spiro atoms. The monoisotopic (exact) mass is 292 g/mol. The summed E-state index contributed by atoms with van der Waals surface area (Å²) in [6.45, 7) is 0. The molecule has 102 valence electrons. The van der Waals surface area contributed by atoms with Crippen LogP contribution in [0.3, 0.4) is 0 Å². The maximum atomic E-state index is 12.3. The van der Waals surface area contributed by atoms with Gasteiger partial charge in [-0.2, -0.15) is 0 Å². The highest BCUT2D eigenvalue weighted by atomic mass is 32.1. The molecule has 0 bridgehead atoms. The molecule has 21 heavy (non-hydrogen) atoms. The number of Topliss-reactive ketones (excluding diaryl/α,β-unsaturated/α-hetero) is 1. The lowest BCUT2D eigenvalue weighted by atomic mass is 10.0. The molecule has 0 atom stereocenters. The van der Waals surface area contributed by atoms with Gasteiger partial charge < -0.3 is 0 Å². The third-order valence-electron chi connectivity index (χ3n) is 3.77. The Morgan fingerprint density at radius 3 is 2.00 bits per heavy atom. The number of pyridine rings is 2. The number of carbonyl (C=O) groups excluding carboxylic acids is 1. The number of thiophene rings is 1. The highest BCUT2D eigenvalue weighted by Crippen LogP contribution is 2.45. The largest absolute Gasteiger partial charge is 0.294 e. The highest BCUT2D eigenvalue weighted by Gasteiger charge is 2.29. The Balaban J connectivity index is 1.96. The SMILES string of the molecule is O=C1CCc2c(-c3ccncc3)sc(-c3ccncc3)c21. The van der Waals surface area contributed by atoms with Gasteiger partial charge in [-0.3, -0.25) is 14.8 Å². The van der Waals surface area contributed by atoms with Crippen LogP contribution in [-0.4, -0.2) is 15.8 Å². The molecular formula is C17H12N2OS. The van der Waals surface area contributed by atoms with Gasteiger partial charge in [-0.15, -0.1) is 11.3 Å². The molecule has 0 unspecified atom stereocenters. The standard InChI is InChI=1S/C17H12N2OS/c20-14-2-1-13-15(14)17(12-5-9-19-10-6-12)21-16(13)11-3-7-18-8-4-11/h3-10H,1-2H2. The van der Waals surface area contributed by atoms with E-state index in [1.165, 1.54) is 10.4 Å². The van der Waals surface area contributed by atoms with Crippen LogP contribution in [0.4, 0.5) is 0 Å². The van der Waals surface area contributed by atoms with E-state index in [0.717, 1.165) is 28.0 Å². The smallest absolute Gasteiger partial charge is 0.164 e. The highest BCUT2D eigenvalue weighted by molar-refractivity contribution is 7.19. The molecule has 0 amide bonds. The van der Waals surface area contributed by atoms with Gasteiger partial charge in [0.1, 0.15) is 0 Å². The molecule has 1 aliphatic carbocycles. The first-order valence-corrected chi connectivity index (χ1v) is 7.66. The summed E-state index contributed by atoms with van der Waals surface area (Å²) in [4.78, 5) is 22.7. The molecule has 0 aromatic carbocycles. The van der Waals surface area contributed by atoms with Crippen molar-refractivity contribution in [2.75, 3.05) is 0 Å². The molecule has 3 aromatic heterocycles. The minimum atomic E-state index is 0.258. The van der Waals surface area contributed by atoms with Gasteiger partial charge in [0.2, 0.25) is 0 Å². The van der Waals surface area contributed by atoms with Gasteiger partial charge in [-0.05, 0) is 47.4 Å². The van der Waals surface area contributed by atoms with Crippen molar-refractivity contribution in [1.82, 2.24) is 9.97 Å². The Hall–Kier alpha value is -2.33. The summed E-state index contributed by atoms with van der Waals surface area (Å²) in [6.07, 6.45) is 8.59. The number of aromatic nitrogens is 2. The lowest BCUT2D eigenvalue weighted by Gasteiger charge is -2.00. The summed E-state index contributed by atoms with van der Waals surface area (Å²) >= 11 is 1.70. The van der Waals surface area contributed by atoms with Crippen LogP contribution in [-0.2, 0) is 6.42 Å². The minimum Gasteiger partial charge on any atom is -0.294 e. The molecule has 0 N–H and O–H groups in total. The molecule has 0 aliphatic heterocycles. The van der Waals surface area contributed by atoms with Crippen LogP contribution in [0.1, 0.15) is 22.3 Å². The van der Waals surface area contributed by atoms with Gasteiger partial charge in [-0.25, -0.2) is 0 Å². The summed E-state index contributed by atoms with van der Waals surface area (Å²) in [5, 5.41) is 0. The lowest BCUT2D eigenvalue weighted by molar-refractivity contribution is 0.0995. The normalized spacial score (nSPS) is 13.4. The van der Waals surface area contributed by atoms with Gasteiger partial charge in [0.25, 0.3) is 0 Å². The van der Waals surface area contributed by atoms with Gasteiger partial charge in [0, 0.05) is 46.5 Å². The number of hydrogen-bond acceptors (Lipinski definition) is 4. The van der Waals surface area contributed by atoms with E-state index in [-0.39, 0.29) is 5.78 Å². The fourth-order valence-corrected chi connectivity index (χ4v) is 4.18. The van der Waals surface area contributed by atoms with Crippen molar-refractivity contribution in [3.05, 3.63) is 60.2 Å². The number of rotatable bonds is 2. The first kappa shape index (κ1) is 12.4. The molecule has 4 rings (SSSR count). The quantitative estimate of drug-likeness (QED) is 0.717. The summed E-state index contributed by atoms with van der Waals surface area (Å²) in [7, 11) is 0. The Morgan fingerprint density at radius 1 is 0.810 bits per heavy atom. The second-order valence-corrected chi connectivity index (χ2v) is 6.03. The molecular weight excluding hydrogens is 280 g/mol. The molecule has 4 heteroatoms. The molecule has 0 saturated carbocycles. The zero-order valence-electron chi connectivity index (χ0n) is 11.2. The topological polar surface area (TPSA) is 42.9 Å². The Labute approximate surface area is 126 Å². The van der Waals surface area contributed by atoms with E-state index >= 15 is 0 Å². The molecule has 0 saturated heterocycles. The number of nitrogens with zero attached hydrogens (tertiary/aromatic N) is 2. The van der Waals surface area contributed by atoms with Crippen molar-refractivity contribution in [3.8, 4) is 20.9 Å².